The van der Waals surface area contributed by atoms with Crippen LogP contribution < -0.4 is 4.74 Å². The van der Waals surface area contributed by atoms with Crippen molar-refractivity contribution in [1.29, 1.82) is 0 Å². The molecule has 0 spiro atoms. The molecule has 2 aromatic carbocycles. The third-order valence-corrected chi connectivity index (χ3v) is 2.61. The number of ether oxygens (including phenoxy) is 1. The summed E-state index contributed by atoms with van der Waals surface area (Å²) in [6, 6.07) is 10.5. The molecule has 2 aromatic rings. The number of nitro groups is 1. The van der Waals surface area contributed by atoms with Crippen molar-refractivity contribution in [2.24, 2.45) is 0 Å². The Morgan fingerprint density at radius 2 is 2.00 bits per heavy atom. The van der Waals surface area contributed by atoms with E-state index in [9.17, 15) is 14.5 Å². The van der Waals surface area contributed by atoms with Gasteiger partial charge in [0.25, 0.3) is 5.69 Å². The zero-order valence-electron chi connectivity index (χ0n) is 10.3. The number of halogens is 1. The van der Waals surface area contributed by atoms with Crippen molar-refractivity contribution in [1.82, 2.24) is 0 Å². The zero-order valence-corrected chi connectivity index (χ0v) is 10.3. The number of nitrogens with zero attached hydrogens (tertiary/aromatic N) is 1. The standard InChI is InChI=1S/C14H12FNO3/c1-2-10-4-3-5-13(6-10)19-14-8-11(15)7-12(9-14)16(17)18/h3-9H,2H2,1H3. The van der Waals surface area contributed by atoms with Gasteiger partial charge in [-0.25, -0.2) is 4.39 Å². The number of benzene rings is 2. The number of nitro benzene ring substituents is 1. The van der Waals surface area contributed by atoms with Gasteiger partial charge in [-0.15, -0.1) is 0 Å². The summed E-state index contributed by atoms with van der Waals surface area (Å²) in [6.45, 7) is 2.01. The van der Waals surface area contributed by atoms with E-state index in [-0.39, 0.29) is 11.4 Å². The average molecular weight is 261 g/mol. The number of rotatable bonds is 4. The van der Waals surface area contributed by atoms with Crippen molar-refractivity contribution in [2.75, 3.05) is 0 Å². The summed E-state index contributed by atoms with van der Waals surface area (Å²) in [4.78, 5) is 9.99. The summed E-state index contributed by atoms with van der Waals surface area (Å²) in [7, 11) is 0. The van der Waals surface area contributed by atoms with Gasteiger partial charge in [-0.3, -0.25) is 10.1 Å². The van der Waals surface area contributed by atoms with E-state index in [4.69, 9.17) is 4.74 Å². The molecule has 0 atom stereocenters. The van der Waals surface area contributed by atoms with Gasteiger partial charge in [0, 0.05) is 6.07 Å². The van der Waals surface area contributed by atoms with Crippen LogP contribution >= 0.6 is 0 Å². The van der Waals surface area contributed by atoms with Crippen molar-refractivity contribution >= 4 is 5.69 Å². The summed E-state index contributed by atoms with van der Waals surface area (Å²) in [5.74, 6) is -0.0601. The Balaban J connectivity index is 2.29. The van der Waals surface area contributed by atoms with Gasteiger partial charge < -0.3 is 4.74 Å². The van der Waals surface area contributed by atoms with Crippen LogP contribution in [0.25, 0.3) is 0 Å². The lowest BCUT2D eigenvalue weighted by Gasteiger charge is -2.07. The minimum Gasteiger partial charge on any atom is -0.457 e. The Hall–Kier alpha value is -2.43. The number of hydrogen-bond donors (Lipinski definition) is 0. The van der Waals surface area contributed by atoms with Gasteiger partial charge in [0.2, 0.25) is 0 Å². The second-order valence-electron chi connectivity index (χ2n) is 4.01. The first-order valence-corrected chi connectivity index (χ1v) is 5.80. The van der Waals surface area contributed by atoms with Gasteiger partial charge >= 0.3 is 0 Å². The first-order chi connectivity index (χ1) is 9.08. The van der Waals surface area contributed by atoms with Gasteiger partial charge in [0.1, 0.15) is 17.3 Å². The van der Waals surface area contributed by atoms with Crippen LogP contribution in [0.5, 0.6) is 11.5 Å². The predicted molar refractivity (Wildman–Crippen MR) is 68.9 cm³/mol. The summed E-state index contributed by atoms with van der Waals surface area (Å²) in [5.41, 5.74) is 0.741. The molecule has 0 heterocycles. The topological polar surface area (TPSA) is 52.4 Å². The number of hydrogen-bond acceptors (Lipinski definition) is 3. The van der Waals surface area contributed by atoms with Crippen LogP contribution in [0, 0.1) is 15.9 Å². The van der Waals surface area contributed by atoms with E-state index in [1.54, 1.807) is 6.07 Å². The first kappa shape index (κ1) is 13.0. The molecular formula is C14H12FNO3. The van der Waals surface area contributed by atoms with Crippen molar-refractivity contribution in [3.05, 3.63) is 64.0 Å². The highest BCUT2D eigenvalue weighted by molar-refractivity contribution is 5.41. The van der Waals surface area contributed by atoms with Gasteiger partial charge in [0.05, 0.1) is 17.1 Å². The van der Waals surface area contributed by atoms with Crippen LogP contribution in [0.4, 0.5) is 10.1 Å². The molecule has 19 heavy (non-hydrogen) atoms. The highest BCUT2D eigenvalue weighted by Crippen LogP contribution is 2.27. The predicted octanol–water partition coefficient (Wildman–Crippen LogP) is 4.09. The molecule has 0 amide bonds. The van der Waals surface area contributed by atoms with Crippen molar-refractivity contribution in [3.8, 4) is 11.5 Å². The van der Waals surface area contributed by atoms with Crippen LogP contribution in [0.2, 0.25) is 0 Å². The molecule has 4 nitrogen and oxygen atoms in total. The molecule has 0 N–H and O–H groups in total. The largest absolute Gasteiger partial charge is 0.457 e. The summed E-state index contributed by atoms with van der Waals surface area (Å²) in [6.07, 6.45) is 0.848. The van der Waals surface area contributed by atoms with Crippen molar-refractivity contribution < 1.29 is 14.1 Å². The molecule has 0 aromatic heterocycles. The monoisotopic (exact) mass is 261 g/mol. The maximum absolute atomic E-state index is 13.3. The zero-order chi connectivity index (χ0) is 13.8. The molecule has 0 fully saturated rings. The molecule has 98 valence electrons. The number of non-ortho nitro benzene ring substituents is 1. The smallest absolute Gasteiger partial charge is 0.276 e. The van der Waals surface area contributed by atoms with Gasteiger partial charge in [0.15, 0.2) is 0 Å². The van der Waals surface area contributed by atoms with E-state index >= 15 is 0 Å². The van der Waals surface area contributed by atoms with Gasteiger partial charge in [-0.1, -0.05) is 19.1 Å². The Morgan fingerprint density at radius 3 is 2.68 bits per heavy atom. The Morgan fingerprint density at radius 1 is 1.21 bits per heavy atom. The highest BCUT2D eigenvalue weighted by atomic mass is 19.1. The van der Waals surface area contributed by atoms with E-state index < -0.39 is 10.7 Å². The Bertz CT molecular complexity index is 613. The Labute approximate surface area is 109 Å². The van der Waals surface area contributed by atoms with E-state index in [1.165, 1.54) is 6.07 Å². The van der Waals surface area contributed by atoms with E-state index in [1.807, 2.05) is 25.1 Å². The third kappa shape index (κ3) is 3.28. The summed E-state index contributed by atoms with van der Waals surface area (Å²) < 4.78 is 18.7. The number of aryl methyl sites for hydroxylation is 1. The Kier molecular flexibility index (Phi) is 3.75. The minimum absolute atomic E-state index is 0.111. The lowest BCUT2D eigenvalue weighted by Crippen LogP contribution is -1.92. The molecule has 0 saturated carbocycles. The summed E-state index contributed by atoms with van der Waals surface area (Å²) in [5, 5.41) is 10.6. The van der Waals surface area contributed by atoms with E-state index in [0.717, 1.165) is 24.1 Å². The second kappa shape index (κ2) is 5.48. The SMILES string of the molecule is CCc1cccc(Oc2cc(F)cc([N+](=O)[O-])c2)c1. The maximum Gasteiger partial charge on any atom is 0.276 e. The second-order valence-corrected chi connectivity index (χ2v) is 4.01. The van der Waals surface area contributed by atoms with Gasteiger partial charge in [-0.2, -0.15) is 0 Å². The summed E-state index contributed by atoms with van der Waals surface area (Å²) >= 11 is 0. The molecule has 0 aliphatic heterocycles. The lowest BCUT2D eigenvalue weighted by atomic mass is 10.2. The lowest BCUT2D eigenvalue weighted by molar-refractivity contribution is -0.385. The molecule has 0 aliphatic rings. The van der Waals surface area contributed by atoms with Gasteiger partial charge in [-0.05, 0) is 24.1 Å². The molecule has 0 aliphatic carbocycles. The minimum atomic E-state index is -0.698. The first-order valence-electron chi connectivity index (χ1n) is 5.80. The van der Waals surface area contributed by atoms with Crippen molar-refractivity contribution in [3.63, 3.8) is 0 Å². The molecule has 2 rings (SSSR count). The quantitative estimate of drug-likeness (QED) is 0.615. The molecular weight excluding hydrogens is 249 g/mol. The maximum atomic E-state index is 13.3. The normalized spacial score (nSPS) is 10.2. The molecule has 0 bridgehead atoms. The molecule has 0 saturated heterocycles. The van der Waals surface area contributed by atoms with Crippen LogP contribution in [-0.2, 0) is 6.42 Å². The van der Waals surface area contributed by atoms with E-state index in [0.29, 0.717) is 5.75 Å². The van der Waals surface area contributed by atoms with Crippen LogP contribution in [0.1, 0.15) is 12.5 Å². The third-order valence-electron chi connectivity index (χ3n) is 2.61. The van der Waals surface area contributed by atoms with Crippen LogP contribution in [0.15, 0.2) is 42.5 Å². The van der Waals surface area contributed by atoms with E-state index in [2.05, 4.69) is 0 Å². The molecule has 0 unspecified atom stereocenters. The van der Waals surface area contributed by atoms with Crippen LogP contribution in [0.3, 0.4) is 0 Å². The van der Waals surface area contributed by atoms with Crippen molar-refractivity contribution in [2.45, 2.75) is 13.3 Å². The average Bonchev–Trinajstić information content (AvgIpc) is 2.38. The fourth-order valence-corrected chi connectivity index (χ4v) is 1.68. The molecule has 5 heteroatoms. The fraction of sp³-hybridized carbons (Fsp3) is 0.143. The fourth-order valence-electron chi connectivity index (χ4n) is 1.68. The highest BCUT2D eigenvalue weighted by Gasteiger charge is 2.11. The molecule has 0 radical (unpaired) electrons. The van der Waals surface area contributed by atoms with Crippen LogP contribution in [-0.4, -0.2) is 4.92 Å².